The van der Waals surface area contributed by atoms with Crippen molar-refractivity contribution < 1.29 is 13.9 Å². The van der Waals surface area contributed by atoms with Gasteiger partial charge in [-0.1, -0.05) is 17.8 Å². The van der Waals surface area contributed by atoms with Crippen molar-refractivity contribution in [2.75, 3.05) is 7.11 Å². The first-order chi connectivity index (χ1) is 8.10. The fourth-order valence-corrected chi connectivity index (χ4v) is 2.64. The summed E-state index contributed by atoms with van der Waals surface area (Å²) in [7, 11) is 1.41. The highest BCUT2D eigenvalue weighted by Gasteiger charge is 2.24. The van der Waals surface area contributed by atoms with Crippen LogP contribution in [0.2, 0.25) is 0 Å². The van der Waals surface area contributed by atoms with E-state index in [1.807, 2.05) is 0 Å². The lowest BCUT2D eigenvalue weighted by Gasteiger charge is -2.02. The van der Waals surface area contributed by atoms with Crippen molar-refractivity contribution in [3.63, 3.8) is 0 Å². The van der Waals surface area contributed by atoms with Gasteiger partial charge in [-0.3, -0.25) is 4.79 Å². The summed E-state index contributed by atoms with van der Waals surface area (Å²) in [4.78, 5) is 12.0. The van der Waals surface area contributed by atoms with Crippen molar-refractivity contribution in [3.05, 3.63) is 34.5 Å². The predicted molar refractivity (Wildman–Crippen MR) is 69.4 cm³/mol. The molecule has 1 saturated heterocycles. The van der Waals surface area contributed by atoms with Gasteiger partial charge in [-0.15, -0.1) is 12.6 Å². The van der Waals surface area contributed by atoms with Gasteiger partial charge in [-0.05, 0) is 23.8 Å². The number of hydrogen-bond acceptors (Lipinski definition) is 4. The van der Waals surface area contributed by atoms with Crippen LogP contribution in [0.5, 0.6) is 5.75 Å². The molecule has 1 aromatic rings. The van der Waals surface area contributed by atoms with Crippen LogP contribution in [-0.4, -0.2) is 17.7 Å². The second-order valence-corrected chi connectivity index (χ2v) is 5.36. The SMILES string of the molecule is COc1ccc(/C=C2\SC(S)NC2=O)cc1F. The van der Waals surface area contributed by atoms with Gasteiger partial charge in [0.05, 0.1) is 12.0 Å². The molecule has 1 aliphatic heterocycles. The molecule has 0 radical (unpaired) electrons. The Bertz CT molecular complexity index is 490. The van der Waals surface area contributed by atoms with Crippen molar-refractivity contribution in [1.29, 1.82) is 0 Å². The lowest BCUT2D eigenvalue weighted by Crippen LogP contribution is -2.19. The summed E-state index contributed by atoms with van der Waals surface area (Å²) >= 11 is 5.42. The number of nitrogens with one attached hydrogen (secondary N) is 1. The maximum absolute atomic E-state index is 13.4. The molecule has 2 rings (SSSR count). The van der Waals surface area contributed by atoms with Crippen LogP contribution in [0.4, 0.5) is 4.39 Å². The van der Waals surface area contributed by atoms with Crippen LogP contribution in [0, 0.1) is 5.82 Å². The van der Waals surface area contributed by atoms with E-state index in [4.69, 9.17) is 4.74 Å². The average Bonchev–Trinajstić information content (AvgIpc) is 2.58. The van der Waals surface area contributed by atoms with E-state index in [1.165, 1.54) is 31.0 Å². The van der Waals surface area contributed by atoms with Crippen molar-refractivity contribution in [2.45, 2.75) is 4.71 Å². The number of rotatable bonds is 2. The zero-order valence-electron chi connectivity index (χ0n) is 8.94. The Kier molecular flexibility index (Phi) is 3.63. The molecule has 0 aromatic heterocycles. The number of carbonyl (C=O) groups excluding carboxylic acids is 1. The highest BCUT2D eigenvalue weighted by molar-refractivity contribution is 8.14. The fourth-order valence-electron chi connectivity index (χ4n) is 1.41. The second-order valence-electron chi connectivity index (χ2n) is 3.35. The number of benzene rings is 1. The maximum atomic E-state index is 13.4. The van der Waals surface area contributed by atoms with E-state index in [0.29, 0.717) is 10.5 Å². The third-order valence-electron chi connectivity index (χ3n) is 2.19. The Labute approximate surface area is 108 Å². The molecule has 0 bridgehead atoms. The Morgan fingerprint density at radius 1 is 1.59 bits per heavy atom. The summed E-state index contributed by atoms with van der Waals surface area (Å²) in [5.41, 5.74) is 0.614. The normalized spacial score (nSPS) is 21.7. The van der Waals surface area contributed by atoms with Gasteiger partial charge in [0.1, 0.15) is 4.71 Å². The van der Waals surface area contributed by atoms with Gasteiger partial charge in [0, 0.05) is 0 Å². The number of hydrogen-bond donors (Lipinski definition) is 2. The Balaban J connectivity index is 2.27. The molecule has 17 heavy (non-hydrogen) atoms. The van der Waals surface area contributed by atoms with Crippen LogP contribution >= 0.6 is 24.4 Å². The average molecular weight is 271 g/mol. The van der Waals surface area contributed by atoms with Gasteiger partial charge < -0.3 is 10.1 Å². The first-order valence-electron chi connectivity index (χ1n) is 4.81. The van der Waals surface area contributed by atoms with Gasteiger partial charge in [-0.25, -0.2) is 4.39 Å². The molecular formula is C11H10FNO2S2. The third kappa shape index (κ3) is 2.76. The second kappa shape index (κ2) is 5.01. The first-order valence-corrected chi connectivity index (χ1v) is 6.20. The first kappa shape index (κ1) is 12.3. The van der Waals surface area contributed by atoms with Gasteiger partial charge >= 0.3 is 0 Å². The molecule has 0 spiro atoms. The number of amides is 1. The Morgan fingerprint density at radius 3 is 2.88 bits per heavy atom. The summed E-state index contributed by atoms with van der Waals surface area (Å²) in [6, 6.07) is 4.54. The molecule has 1 unspecified atom stereocenters. The molecule has 1 fully saturated rings. The lowest BCUT2D eigenvalue weighted by molar-refractivity contribution is -0.116. The monoisotopic (exact) mass is 271 g/mol. The number of thiol groups is 1. The molecule has 1 aromatic carbocycles. The maximum Gasteiger partial charge on any atom is 0.259 e. The molecular weight excluding hydrogens is 261 g/mol. The third-order valence-corrected chi connectivity index (χ3v) is 3.53. The number of methoxy groups -OCH3 is 1. The molecule has 0 saturated carbocycles. The minimum atomic E-state index is -0.451. The Morgan fingerprint density at radius 2 is 2.35 bits per heavy atom. The predicted octanol–water partition coefficient (Wildman–Crippen LogP) is 2.25. The molecule has 1 aliphatic rings. The highest BCUT2D eigenvalue weighted by Crippen LogP contribution is 2.31. The van der Waals surface area contributed by atoms with Crippen LogP contribution in [0.1, 0.15) is 5.56 Å². The quantitative estimate of drug-likeness (QED) is 0.640. The number of carbonyl (C=O) groups is 1. The molecule has 1 atom stereocenters. The van der Waals surface area contributed by atoms with E-state index in [0.717, 1.165) is 0 Å². The molecule has 1 amide bonds. The Hall–Kier alpha value is -1.14. The minimum absolute atomic E-state index is 0.183. The summed E-state index contributed by atoms with van der Waals surface area (Å²) in [6.45, 7) is 0. The van der Waals surface area contributed by atoms with E-state index in [-0.39, 0.29) is 16.4 Å². The summed E-state index contributed by atoms with van der Waals surface area (Å²) in [5, 5.41) is 2.63. The van der Waals surface area contributed by atoms with Gasteiger partial charge in [-0.2, -0.15) is 0 Å². The van der Waals surface area contributed by atoms with Crippen LogP contribution < -0.4 is 10.1 Å². The van der Waals surface area contributed by atoms with Crippen molar-refractivity contribution >= 4 is 36.4 Å². The van der Waals surface area contributed by atoms with E-state index >= 15 is 0 Å². The summed E-state index contributed by atoms with van der Waals surface area (Å²) in [5.74, 6) is -0.457. The zero-order chi connectivity index (χ0) is 12.4. The van der Waals surface area contributed by atoms with Crippen molar-refractivity contribution in [3.8, 4) is 5.75 Å². The molecule has 6 heteroatoms. The largest absolute Gasteiger partial charge is 0.494 e. The van der Waals surface area contributed by atoms with Crippen LogP contribution in [-0.2, 0) is 4.79 Å². The number of ether oxygens (including phenoxy) is 1. The smallest absolute Gasteiger partial charge is 0.259 e. The van der Waals surface area contributed by atoms with Gasteiger partial charge in [0.25, 0.3) is 5.91 Å². The molecule has 1 heterocycles. The number of halogens is 1. The van der Waals surface area contributed by atoms with Crippen LogP contribution in [0.15, 0.2) is 23.1 Å². The lowest BCUT2D eigenvalue weighted by atomic mass is 10.2. The zero-order valence-corrected chi connectivity index (χ0v) is 10.6. The van der Waals surface area contributed by atoms with Crippen LogP contribution in [0.25, 0.3) is 6.08 Å². The van der Waals surface area contributed by atoms with Gasteiger partial charge in [0.2, 0.25) is 0 Å². The summed E-state index contributed by atoms with van der Waals surface area (Å²) < 4.78 is 18.0. The number of thioether (sulfide) groups is 1. The molecule has 0 aliphatic carbocycles. The van der Waals surface area contributed by atoms with Crippen molar-refractivity contribution in [2.24, 2.45) is 0 Å². The molecule has 1 N–H and O–H groups in total. The topological polar surface area (TPSA) is 38.3 Å². The van der Waals surface area contributed by atoms with Crippen molar-refractivity contribution in [1.82, 2.24) is 5.32 Å². The van der Waals surface area contributed by atoms with Crippen LogP contribution in [0.3, 0.4) is 0 Å². The molecule has 90 valence electrons. The highest BCUT2D eigenvalue weighted by atomic mass is 32.2. The van der Waals surface area contributed by atoms with E-state index in [9.17, 15) is 9.18 Å². The van der Waals surface area contributed by atoms with E-state index in [1.54, 1.807) is 12.1 Å². The van der Waals surface area contributed by atoms with E-state index in [2.05, 4.69) is 17.9 Å². The van der Waals surface area contributed by atoms with E-state index < -0.39 is 5.82 Å². The minimum Gasteiger partial charge on any atom is -0.494 e. The van der Waals surface area contributed by atoms with Gasteiger partial charge in [0.15, 0.2) is 11.6 Å². The summed E-state index contributed by atoms with van der Waals surface area (Å²) in [6.07, 6.45) is 1.62. The fraction of sp³-hybridized carbons (Fsp3) is 0.182. The molecule has 3 nitrogen and oxygen atoms in total. The standard InChI is InChI=1S/C11H10FNO2S2/c1-15-8-3-2-6(4-7(8)12)5-9-10(14)13-11(16)17-9/h2-5,11,16H,1H3,(H,13,14)/b9-5-.